The summed E-state index contributed by atoms with van der Waals surface area (Å²) in [5.74, 6) is 1.42. The van der Waals surface area contributed by atoms with Crippen LogP contribution >= 0.6 is 0 Å². The number of nitrogens with zero attached hydrogens (tertiary/aromatic N) is 3. The van der Waals surface area contributed by atoms with Crippen molar-refractivity contribution in [3.05, 3.63) is 35.7 Å². The molecule has 0 aliphatic carbocycles. The Morgan fingerprint density at radius 3 is 2.95 bits per heavy atom. The Kier molecular flexibility index (Phi) is 3.55. The highest BCUT2D eigenvalue weighted by atomic mass is 19.1. The summed E-state index contributed by atoms with van der Waals surface area (Å²) in [6, 6.07) is 4.90. The van der Waals surface area contributed by atoms with Crippen LogP contribution in [0.5, 0.6) is 0 Å². The van der Waals surface area contributed by atoms with E-state index in [1.54, 1.807) is 6.07 Å². The maximum atomic E-state index is 13.1. The van der Waals surface area contributed by atoms with Gasteiger partial charge in [-0.1, -0.05) is 19.0 Å². The number of hydrogen-bond donors (Lipinski definition) is 2. The highest BCUT2D eigenvalue weighted by Gasteiger charge is 2.09. The summed E-state index contributed by atoms with van der Waals surface area (Å²) in [5, 5.41) is 6.92. The lowest BCUT2D eigenvalue weighted by Gasteiger charge is -1.98. The van der Waals surface area contributed by atoms with Gasteiger partial charge in [0.2, 0.25) is 0 Å². The first-order chi connectivity index (χ1) is 10.1. The maximum Gasteiger partial charge on any atom is 0.321 e. The van der Waals surface area contributed by atoms with Crippen molar-refractivity contribution in [2.24, 2.45) is 0 Å². The van der Waals surface area contributed by atoms with E-state index in [0.717, 1.165) is 11.3 Å². The monoisotopic (exact) mass is 289 g/mol. The number of hydrogen-bond acceptors (Lipinski definition) is 5. The van der Waals surface area contributed by atoms with Gasteiger partial charge in [-0.3, -0.25) is 0 Å². The normalized spacial score (nSPS) is 11.4. The lowest BCUT2D eigenvalue weighted by Crippen LogP contribution is -2.06. The lowest BCUT2D eigenvalue weighted by atomic mass is 10.2. The Balaban J connectivity index is 1.60. The minimum absolute atomic E-state index is 0.231. The van der Waals surface area contributed by atoms with Gasteiger partial charge in [0.05, 0.1) is 11.0 Å². The van der Waals surface area contributed by atoms with Gasteiger partial charge >= 0.3 is 6.01 Å². The van der Waals surface area contributed by atoms with Crippen LogP contribution in [0.2, 0.25) is 0 Å². The molecule has 2 heterocycles. The van der Waals surface area contributed by atoms with Crippen LogP contribution in [0.3, 0.4) is 0 Å². The largest absolute Gasteiger partial charge is 0.342 e. The third-order valence-electron chi connectivity index (χ3n) is 3.09. The molecule has 0 spiro atoms. The summed E-state index contributed by atoms with van der Waals surface area (Å²) in [6.45, 7) is 4.60. The van der Waals surface area contributed by atoms with Crippen LogP contribution in [0.15, 0.2) is 22.7 Å². The van der Waals surface area contributed by atoms with E-state index in [4.69, 9.17) is 4.52 Å². The van der Waals surface area contributed by atoms with Crippen molar-refractivity contribution in [1.29, 1.82) is 0 Å². The molecule has 21 heavy (non-hydrogen) atoms. The van der Waals surface area contributed by atoms with E-state index in [0.29, 0.717) is 30.3 Å². The van der Waals surface area contributed by atoms with Crippen molar-refractivity contribution >= 4 is 17.0 Å². The second kappa shape index (κ2) is 5.51. The molecule has 0 fully saturated rings. The SMILES string of the molecule is CC(C)c1noc(NCCc2nc3ccc(F)cc3[nH]2)n1. The lowest BCUT2D eigenvalue weighted by molar-refractivity contribution is 0.419. The van der Waals surface area contributed by atoms with Gasteiger partial charge in [-0.15, -0.1) is 0 Å². The molecule has 110 valence electrons. The van der Waals surface area contributed by atoms with Crippen molar-refractivity contribution in [1.82, 2.24) is 20.1 Å². The van der Waals surface area contributed by atoms with E-state index < -0.39 is 0 Å². The van der Waals surface area contributed by atoms with Gasteiger partial charge < -0.3 is 14.8 Å². The fraction of sp³-hybridized carbons (Fsp3) is 0.357. The molecule has 0 bridgehead atoms. The molecule has 7 heteroatoms. The molecule has 0 aliphatic rings. The summed E-state index contributed by atoms with van der Waals surface area (Å²) in [6.07, 6.45) is 0.649. The van der Waals surface area contributed by atoms with Crippen LogP contribution in [0.4, 0.5) is 10.4 Å². The minimum Gasteiger partial charge on any atom is -0.342 e. The maximum absolute atomic E-state index is 13.1. The van der Waals surface area contributed by atoms with Crippen molar-refractivity contribution in [3.63, 3.8) is 0 Å². The zero-order valence-electron chi connectivity index (χ0n) is 11.9. The molecule has 3 rings (SSSR count). The van der Waals surface area contributed by atoms with Crippen molar-refractivity contribution in [2.75, 3.05) is 11.9 Å². The van der Waals surface area contributed by atoms with E-state index in [1.165, 1.54) is 12.1 Å². The van der Waals surface area contributed by atoms with Crippen LogP contribution in [0, 0.1) is 5.82 Å². The summed E-state index contributed by atoms with van der Waals surface area (Å²) < 4.78 is 18.2. The number of fused-ring (bicyclic) bond motifs is 1. The smallest absolute Gasteiger partial charge is 0.321 e. The molecule has 0 saturated carbocycles. The summed E-state index contributed by atoms with van der Waals surface area (Å²) in [5.41, 5.74) is 1.45. The zero-order valence-corrected chi connectivity index (χ0v) is 11.9. The van der Waals surface area contributed by atoms with Gasteiger partial charge in [-0.2, -0.15) is 4.98 Å². The first kappa shape index (κ1) is 13.5. The molecule has 0 amide bonds. The van der Waals surface area contributed by atoms with Crippen LogP contribution in [0.1, 0.15) is 31.4 Å². The Morgan fingerprint density at radius 2 is 2.19 bits per heavy atom. The van der Waals surface area contributed by atoms with Crippen molar-refractivity contribution in [2.45, 2.75) is 26.2 Å². The molecule has 0 saturated heterocycles. The number of imidazole rings is 1. The van der Waals surface area contributed by atoms with Crippen molar-refractivity contribution < 1.29 is 8.91 Å². The molecule has 1 aromatic carbocycles. The number of halogens is 1. The van der Waals surface area contributed by atoms with Gasteiger partial charge in [0, 0.05) is 18.9 Å². The van der Waals surface area contributed by atoms with E-state index in [2.05, 4.69) is 25.4 Å². The Bertz CT molecular complexity index is 749. The Morgan fingerprint density at radius 1 is 1.33 bits per heavy atom. The number of H-pyrrole nitrogens is 1. The Hall–Kier alpha value is -2.44. The molecule has 2 N–H and O–H groups in total. The fourth-order valence-electron chi connectivity index (χ4n) is 1.98. The van der Waals surface area contributed by atoms with Gasteiger partial charge in [0.15, 0.2) is 5.82 Å². The van der Waals surface area contributed by atoms with Gasteiger partial charge in [0.1, 0.15) is 11.6 Å². The highest BCUT2D eigenvalue weighted by Crippen LogP contribution is 2.14. The van der Waals surface area contributed by atoms with Crippen LogP contribution in [-0.2, 0) is 6.42 Å². The quantitative estimate of drug-likeness (QED) is 0.755. The molecule has 0 radical (unpaired) electrons. The average molecular weight is 289 g/mol. The average Bonchev–Trinajstić information content (AvgIpc) is 3.04. The Labute approximate surface area is 120 Å². The summed E-state index contributed by atoms with van der Waals surface area (Å²) in [7, 11) is 0. The fourth-order valence-corrected chi connectivity index (χ4v) is 1.98. The second-order valence-corrected chi connectivity index (χ2v) is 5.13. The second-order valence-electron chi connectivity index (χ2n) is 5.13. The third-order valence-corrected chi connectivity index (χ3v) is 3.09. The van der Waals surface area contributed by atoms with Gasteiger partial charge in [-0.05, 0) is 18.2 Å². The molecule has 2 aromatic heterocycles. The highest BCUT2D eigenvalue weighted by molar-refractivity contribution is 5.74. The molecular formula is C14H16FN5O. The number of nitrogens with one attached hydrogen (secondary N) is 2. The van der Waals surface area contributed by atoms with E-state index in [9.17, 15) is 4.39 Å². The van der Waals surface area contributed by atoms with Crippen molar-refractivity contribution in [3.8, 4) is 0 Å². The van der Waals surface area contributed by atoms with Crippen LogP contribution < -0.4 is 5.32 Å². The molecule has 0 atom stereocenters. The van der Waals surface area contributed by atoms with Crippen LogP contribution in [0.25, 0.3) is 11.0 Å². The van der Waals surface area contributed by atoms with Gasteiger partial charge in [0.25, 0.3) is 0 Å². The molecule has 0 aliphatic heterocycles. The van der Waals surface area contributed by atoms with E-state index in [-0.39, 0.29) is 11.7 Å². The number of anilines is 1. The zero-order chi connectivity index (χ0) is 14.8. The first-order valence-corrected chi connectivity index (χ1v) is 6.83. The number of benzene rings is 1. The summed E-state index contributed by atoms with van der Waals surface area (Å²) in [4.78, 5) is 11.7. The molecule has 0 unspecified atom stereocenters. The van der Waals surface area contributed by atoms with Gasteiger partial charge in [-0.25, -0.2) is 9.37 Å². The topological polar surface area (TPSA) is 79.6 Å². The standard InChI is InChI=1S/C14H16FN5O/c1-8(2)13-19-14(21-20-13)16-6-5-12-17-10-4-3-9(15)7-11(10)18-12/h3-4,7-8H,5-6H2,1-2H3,(H,17,18)(H,16,19,20). The molecular weight excluding hydrogens is 273 g/mol. The predicted molar refractivity (Wildman–Crippen MR) is 76.6 cm³/mol. The molecule has 6 nitrogen and oxygen atoms in total. The third kappa shape index (κ3) is 3.01. The predicted octanol–water partition coefficient (Wildman–Crippen LogP) is 2.86. The number of rotatable bonds is 5. The first-order valence-electron chi connectivity index (χ1n) is 6.83. The number of aromatic amines is 1. The number of aromatic nitrogens is 4. The minimum atomic E-state index is -0.275. The van der Waals surface area contributed by atoms with E-state index >= 15 is 0 Å². The summed E-state index contributed by atoms with van der Waals surface area (Å²) >= 11 is 0. The van der Waals surface area contributed by atoms with Crippen LogP contribution in [-0.4, -0.2) is 26.7 Å². The van der Waals surface area contributed by atoms with E-state index in [1.807, 2.05) is 13.8 Å². The molecule has 3 aromatic rings.